The van der Waals surface area contributed by atoms with Crippen LogP contribution in [-0.4, -0.2) is 49.6 Å². The number of hydrogen-bond donors (Lipinski definition) is 1. The molecule has 0 radical (unpaired) electrons. The number of fused-ring (bicyclic) bond motifs is 1. The summed E-state index contributed by atoms with van der Waals surface area (Å²) in [4.78, 5) is 50.6. The van der Waals surface area contributed by atoms with Crippen molar-refractivity contribution >= 4 is 23.6 Å². The highest BCUT2D eigenvalue weighted by Crippen LogP contribution is 2.31. The van der Waals surface area contributed by atoms with Gasteiger partial charge >= 0.3 is 0 Å². The van der Waals surface area contributed by atoms with Gasteiger partial charge < -0.3 is 0 Å². The molecule has 1 unspecified atom stereocenters. The maximum atomic E-state index is 13.1. The van der Waals surface area contributed by atoms with Crippen molar-refractivity contribution < 1.29 is 19.2 Å². The van der Waals surface area contributed by atoms with Crippen molar-refractivity contribution in [2.75, 3.05) is 0 Å². The van der Waals surface area contributed by atoms with Gasteiger partial charge in [0.1, 0.15) is 11.7 Å². The molecule has 5 rings (SSSR count). The smallest absolute Gasteiger partial charge is 0.262 e. The van der Waals surface area contributed by atoms with Gasteiger partial charge in [0.2, 0.25) is 11.8 Å². The van der Waals surface area contributed by atoms with Crippen LogP contribution >= 0.6 is 0 Å². The second-order valence-corrected chi connectivity index (χ2v) is 9.56. The first-order valence-corrected chi connectivity index (χ1v) is 11.0. The quantitative estimate of drug-likeness (QED) is 0.605. The molecule has 1 saturated heterocycles. The van der Waals surface area contributed by atoms with Crippen molar-refractivity contribution in [1.29, 1.82) is 0 Å². The third-order valence-electron chi connectivity index (χ3n) is 6.21. The highest BCUT2D eigenvalue weighted by Gasteiger charge is 2.44. The van der Waals surface area contributed by atoms with E-state index in [0.717, 1.165) is 16.2 Å². The number of amides is 4. The number of piperidine rings is 1. The number of benzene rings is 2. The first-order valence-electron chi connectivity index (χ1n) is 11.0. The van der Waals surface area contributed by atoms with Gasteiger partial charge in [-0.05, 0) is 41.7 Å². The van der Waals surface area contributed by atoms with Gasteiger partial charge in [-0.1, -0.05) is 44.2 Å². The van der Waals surface area contributed by atoms with Crippen LogP contribution in [0.4, 0.5) is 0 Å². The van der Waals surface area contributed by atoms with Crippen molar-refractivity contribution in [2.24, 2.45) is 0 Å². The molecule has 2 aliphatic heterocycles. The maximum absolute atomic E-state index is 13.1. The molecule has 0 aliphatic carbocycles. The standard InChI is InChI=1S/C25H23N5O4/c1-25(2,3)15-5-4-6-16(12-15)29-13-19(27-28-29)14-7-8-17-18(11-14)24(34)30(23(17)33)20-9-10-21(31)26-22(20)32/h4-8,11-13,20H,9-10H2,1-3H3,(H,26,31,32). The van der Waals surface area contributed by atoms with E-state index in [-0.39, 0.29) is 29.4 Å². The van der Waals surface area contributed by atoms with Gasteiger partial charge in [-0.3, -0.25) is 29.4 Å². The van der Waals surface area contributed by atoms with Gasteiger partial charge in [0.15, 0.2) is 0 Å². The summed E-state index contributed by atoms with van der Waals surface area (Å²) in [7, 11) is 0. The van der Waals surface area contributed by atoms with Gasteiger partial charge in [0.25, 0.3) is 11.8 Å². The summed E-state index contributed by atoms with van der Waals surface area (Å²) in [5.74, 6) is -2.13. The highest BCUT2D eigenvalue weighted by molar-refractivity contribution is 6.23. The molecule has 2 aliphatic rings. The van der Waals surface area contributed by atoms with E-state index < -0.39 is 29.7 Å². The fourth-order valence-corrected chi connectivity index (χ4v) is 4.27. The minimum Gasteiger partial charge on any atom is -0.295 e. The Morgan fingerprint density at radius 1 is 0.971 bits per heavy atom. The average molecular weight is 457 g/mol. The minimum atomic E-state index is -0.996. The zero-order chi connectivity index (χ0) is 24.2. The largest absolute Gasteiger partial charge is 0.295 e. The molecule has 1 atom stereocenters. The number of carbonyl (C=O) groups excluding carboxylic acids is 4. The van der Waals surface area contributed by atoms with Crippen LogP contribution in [0.15, 0.2) is 48.7 Å². The first-order chi connectivity index (χ1) is 16.1. The maximum Gasteiger partial charge on any atom is 0.262 e. The lowest BCUT2D eigenvalue weighted by Gasteiger charge is -2.27. The highest BCUT2D eigenvalue weighted by atomic mass is 16.2. The van der Waals surface area contributed by atoms with Crippen molar-refractivity contribution in [3.05, 3.63) is 65.4 Å². The molecule has 172 valence electrons. The number of hydrogen-bond acceptors (Lipinski definition) is 6. The molecule has 0 spiro atoms. The summed E-state index contributed by atoms with van der Waals surface area (Å²) < 4.78 is 1.67. The number of aromatic nitrogens is 3. The van der Waals surface area contributed by atoms with Gasteiger partial charge in [0, 0.05) is 12.0 Å². The van der Waals surface area contributed by atoms with Crippen LogP contribution in [0.1, 0.15) is 59.9 Å². The van der Waals surface area contributed by atoms with Crippen LogP contribution in [0.2, 0.25) is 0 Å². The summed E-state index contributed by atoms with van der Waals surface area (Å²) in [6.45, 7) is 6.42. The second kappa shape index (κ2) is 7.72. The summed E-state index contributed by atoms with van der Waals surface area (Å²) in [5, 5.41) is 10.7. The van der Waals surface area contributed by atoms with E-state index in [1.807, 2.05) is 12.1 Å². The SMILES string of the molecule is CC(C)(C)c1cccc(-n2cc(-c3ccc4c(c3)C(=O)N(C3CCC(=O)NC3=O)C4=O)nn2)c1. The van der Waals surface area contributed by atoms with Gasteiger partial charge in [-0.15, -0.1) is 5.10 Å². The Bertz CT molecular complexity index is 1370. The molecular formula is C25H23N5O4. The number of imide groups is 2. The summed E-state index contributed by atoms with van der Waals surface area (Å²) in [5.41, 5.74) is 3.62. The Hall–Kier alpha value is -4.14. The molecule has 3 aromatic rings. The van der Waals surface area contributed by atoms with Crippen molar-refractivity contribution in [3.63, 3.8) is 0 Å². The molecule has 0 bridgehead atoms. The number of rotatable bonds is 3. The fraction of sp³-hybridized carbons (Fsp3) is 0.280. The predicted molar refractivity (Wildman–Crippen MR) is 122 cm³/mol. The Labute approximate surface area is 195 Å². The third-order valence-corrected chi connectivity index (χ3v) is 6.21. The normalized spacial score (nSPS) is 18.3. The van der Waals surface area contributed by atoms with E-state index in [1.165, 1.54) is 0 Å². The molecule has 1 aromatic heterocycles. The molecule has 9 heteroatoms. The molecule has 1 N–H and O–H groups in total. The monoisotopic (exact) mass is 457 g/mol. The molecule has 3 heterocycles. The lowest BCUT2D eigenvalue weighted by Crippen LogP contribution is -2.54. The van der Waals surface area contributed by atoms with E-state index in [4.69, 9.17) is 0 Å². The van der Waals surface area contributed by atoms with Crippen molar-refractivity contribution in [3.8, 4) is 16.9 Å². The molecule has 1 fully saturated rings. The lowest BCUT2D eigenvalue weighted by molar-refractivity contribution is -0.136. The lowest BCUT2D eigenvalue weighted by atomic mass is 9.87. The first kappa shape index (κ1) is 21.7. The van der Waals surface area contributed by atoms with Crippen LogP contribution in [-0.2, 0) is 15.0 Å². The average Bonchev–Trinajstić information content (AvgIpc) is 3.38. The Kier molecular flexibility index (Phi) is 4.93. The van der Waals surface area contributed by atoms with Crippen LogP contribution in [0.3, 0.4) is 0 Å². The summed E-state index contributed by atoms with van der Waals surface area (Å²) in [6.07, 6.45) is 1.96. The molecule has 34 heavy (non-hydrogen) atoms. The third kappa shape index (κ3) is 3.59. The molecule has 9 nitrogen and oxygen atoms in total. The fourth-order valence-electron chi connectivity index (χ4n) is 4.27. The van der Waals surface area contributed by atoms with Crippen LogP contribution in [0.5, 0.6) is 0 Å². The summed E-state index contributed by atoms with van der Waals surface area (Å²) >= 11 is 0. The minimum absolute atomic E-state index is 0.0132. The number of carbonyl (C=O) groups is 4. The van der Waals surface area contributed by atoms with E-state index >= 15 is 0 Å². The zero-order valence-corrected chi connectivity index (χ0v) is 19.0. The van der Waals surface area contributed by atoms with Crippen molar-refractivity contribution in [1.82, 2.24) is 25.2 Å². The number of nitrogens with one attached hydrogen (secondary N) is 1. The predicted octanol–water partition coefficient (Wildman–Crippen LogP) is 2.63. The molecular weight excluding hydrogens is 434 g/mol. The van der Waals surface area contributed by atoms with E-state index in [1.54, 1.807) is 29.1 Å². The van der Waals surface area contributed by atoms with Gasteiger partial charge in [-0.25, -0.2) is 4.68 Å². The van der Waals surface area contributed by atoms with Crippen LogP contribution in [0, 0.1) is 0 Å². The Balaban J connectivity index is 1.44. The van der Waals surface area contributed by atoms with Crippen LogP contribution in [0.25, 0.3) is 16.9 Å². The molecule has 2 aromatic carbocycles. The van der Waals surface area contributed by atoms with Crippen LogP contribution < -0.4 is 5.32 Å². The van der Waals surface area contributed by atoms with E-state index in [2.05, 4.69) is 48.5 Å². The number of nitrogens with zero attached hydrogens (tertiary/aromatic N) is 4. The Morgan fingerprint density at radius 3 is 2.47 bits per heavy atom. The second-order valence-electron chi connectivity index (χ2n) is 9.56. The van der Waals surface area contributed by atoms with Gasteiger partial charge in [-0.2, -0.15) is 0 Å². The van der Waals surface area contributed by atoms with Gasteiger partial charge in [0.05, 0.1) is 23.0 Å². The molecule has 0 saturated carbocycles. The Morgan fingerprint density at radius 2 is 1.74 bits per heavy atom. The topological polar surface area (TPSA) is 114 Å². The summed E-state index contributed by atoms with van der Waals surface area (Å²) in [6, 6.07) is 11.9. The van der Waals surface area contributed by atoms with E-state index in [0.29, 0.717) is 11.3 Å². The zero-order valence-electron chi connectivity index (χ0n) is 19.0. The van der Waals surface area contributed by atoms with Crippen molar-refractivity contribution in [2.45, 2.75) is 45.1 Å². The molecule has 4 amide bonds. The van der Waals surface area contributed by atoms with E-state index in [9.17, 15) is 19.2 Å².